The lowest BCUT2D eigenvalue weighted by Gasteiger charge is -2.26. The van der Waals surface area contributed by atoms with Gasteiger partial charge >= 0.3 is 0 Å². The van der Waals surface area contributed by atoms with Crippen molar-refractivity contribution < 1.29 is 8.98 Å². The van der Waals surface area contributed by atoms with Gasteiger partial charge in [-0.05, 0) is 30.6 Å². The van der Waals surface area contributed by atoms with Crippen molar-refractivity contribution in [2.45, 2.75) is 18.9 Å². The summed E-state index contributed by atoms with van der Waals surface area (Å²) in [6, 6.07) is 4.02. The lowest BCUT2D eigenvalue weighted by Crippen LogP contribution is -2.37. The maximum Gasteiger partial charge on any atom is 0.270 e. The van der Waals surface area contributed by atoms with E-state index in [9.17, 15) is 4.79 Å². The van der Waals surface area contributed by atoms with Gasteiger partial charge in [-0.1, -0.05) is 0 Å². The van der Waals surface area contributed by atoms with Crippen molar-refractivity contribution in [2.75, 3.05) is 37.8 Å². The molecule has 4 rings (SSSR count). The van der Waals surface area contributed by atoms with Gasteiger partial charge in [0.05, 0.1) is 17.5 Å². The fraction of sp³-hybridized carbons (Fsp3) is 0.400. The molecule has 4 heterocycles. The van der Waals surface area contributed by atoms with Gasteiger partial charge in [0.25, 0.3) is 5.91 Å². The number of nitrogens with one attached hydrogen (secondary N) is 2. The molecule has 2 aromatic heterocycles. The lowest BCUT2D eigenvalue weighted by molar-refractivity contribution is 0.0804. The molecule has 30 heavy (non-hydrogen) atoms. The highest BCUT2D eigenvalue weighted by atomic mass is 32.2. The van der Waals surface area contributed by atoms with E-state index in [1.165, 1.54) is 29.6 Å². The predicted octanol–water partition coefficient (Wildman–Crippen LogP) is 2.79. The van der Waals surface area contributed by atoms with Crippen molar-refractivity contribution in [1.82, 2.24) is 20.2 Å². The standard InChI is InChI=1S/C20H24N6O2S2/c1-22-11-14(9-21)26-8-6-16-18(20(26)27)30-19(24-16)13-3-4-17(23-10-13)25-7-5-15(12-25)28-29-2/h3-4,9-11,15,21-22H,5-8,12H2,1-2H3/b14-11+,21-9?. The Hall–Kier alpha value is -2.43. The third-order valence-corrected chi connectivity index (χ3v) is 6.76. The van der Waals surface area contributed by atoms with Crippen molar-refractivity contribution in [2.24, 2.45) is 0 Å². The van der Waals surface area contributed by atoms with E-state index in [0.717, 1.165) is 41.6 Å². The van der Waals surface area contributed by atoms with Gasteiger partial charge in [0.2, 0.25) is 0 Å². The average Bonchev–Trinajstić information content (AvgIpc) is 3.41. The molecule has 8 nitrogen and oxygen atoms in total. The summed E-state index contributed by atoms with van der Waals surface area (Å²) in [5, 5.41) is 11.3. The Labute approximate surface area is 184 Å². The molecule has 0 aromatic carbocycles. The predicted molar refractivity (Wildman–Crippen MR) is 121 cm³/mol. The number of thiazole rings is 1. The van der Waals surface area contributed by atoms with E-state index in [-0.39, 0.29) is 12.0 Å². The van der Waals surface area contributed by atoms with E-state index in [2.05, 4.69) is 15.2 Å². The topological polar surface area (TPSA) is 94.4 Å². The molecule has 1 saturated heterocycles. The lowest BCUT2D eigenvalue weighted by atomic mass is 10.1. The van der Waals surface area contributed by atoms with Crippen LogP contribution < -0.4 is 10.2 Å². The molecule has 0 spiro atoms. The molecule has 2 aromatic rings. The zero-order chi connectivity index (χ0) is 21.1. The Morgan fingerprint density at radius 1 is 1.43 bits per heavy atom. The smallest absolute Gasteiger partial charge is 0.270 e. The molecule has 1 amide bonds. The highest BCUT2D eigenvalue weighted by Crippen LogP contribution is 2.33. The SMILES string of the molecule is CN/C=C(\C=N)N1CCc2nc(-c3ccc(N4CCC(OSC)C4)nc3)sc2C1=O. The molecule has 1 unspecified atom stereocenters. The van der Waals surface area contributed by atoms with Crippen molar-refractivity contribution >= 4 is 41.3 Å². The summed E-state index contributed by atoms with van der Waals surface area (Å²) >= 11 is 2.80. The van der Waals surface area contributed by atoms with Crippen LogP contribution in [0.1, 0.15) is 21.8 Å². The number of fused-ring (bicyclic) bond motifs is 1. The molecule has 0 bridgehead atoms. The van der Waals surface area contributed by atoms with Gasteiger partial charge in [-0.3, -0.25) is 4.79 Å². The van der Waals surface area contributed by atoms with Gasteiger partial charge in [-0.15, -0.1) is 11.3 Å². The van der Waals surface area contributed by atoms with Gasteiger partial charge in [0.15, 0.2) is 0 Å². The monoisotopic (exact) mass is 444 g/mol. The summed E-state index contributed by atoms with van der Waals surface area (Å²) in [5.41, 5.74) is 2.28. The summed E-state index contributed by atoms with van der Waals surface area (Å²) in [5.74, 6) is 0.828. The Balaban J connectivity index is 1.51. The van der Waals surface area contributed by atoms with Crippen LogP contribution in [0.3, 0.4) is 0 Å². The highest BCUT2D eigenvalue weighted by molar-refractivity contribution is 7.93. The molecule has 158 valence electrons. The van der Waals surface area contributed by atoms with Crippen molar-refractivity contribution in [1.29, 1.82) is 5.41 Å². The van der Waals surface area contributed by atoms with Crippen LogP contribution in [0.25, 0.3) is 10.6 Å². The zero-order valence-electron chi connectivity index (χ0n) is 16.9. The fourth-order valence-corrected chi connectivity index (χ4v) is 5.18. The van der Waals surface area contributed by atoms with Crippen LogP contribution in [-0.4, -0.2) is 66.0 Å². The van der Waals surface area contributed by atoms with Crippen LogP contribution in [0.2, 0.25) is 0 Å². The van der Waals surface area contributed by atoms with Crippen LogP contribution in [0, 0.1) is 5.41 Å². The first-order valence-electron chi connectivity index (χ1n) is 9.75. The molecule has 0 aliphatic carbocycles. The molecule has 10 heteroatoms. The van der Waals surface area contributed by atoms with E-state index in [0.29, 0.717) is 23.5 Å². The summed E-state index contributed by atoms with van der Waals surface area (Å²) in [7, 11) is 1.75. The van der Waals surface area contributed by atoms with Crippen molar-refractivity contribution in [3.63, 3.8) is 0 Å². The molecule has 0 saturated carbocycles. The molecule has 2 N–H and O–H groups in total. The number of anilines is 1. The molecule has 0 radical (unpaired) electrons. The second-order valence-corrected chi connectivity index (χ2v) is 8.55. The van der Waals surface area contributed by atoms with E-state index < -0.39 is 0 Å². The minimum absolute atomic E-state index is 0.105. The van der Waals surface area contributed by atoms with E-state index in [1.54, 1.807) is 18.1 Å². The summed E-state index contributed by atoms with van der Waals surface area (Å²) in [4.78, 5) is 26.8. The van der Waals surface area contributed by atoms with E-state index in [4.69, 9.17) is 14.6 Å². The molecule has 1 fully saturated rings. The van der Waals surface area contributed by atoms with Crippen LogP contribution in [0.4, 0.5) is 5.82 Å². The molecule has 2 aliphatic heterocycles. The normalized spacial score (nSPS) is 19.2. The number of allylic oxidation sites excluding steroid dienone is 1. The summed E-state index contributed by atoms with van der Waals surface area (Å²) in [6.07, 6.45) is 8.53. The molecular weight excluding hydrogens is 420 g/mol. The van der Waals surface area contributed by atoms with Gasteiger partial charge in [-0.2, -0.15) is 0 Å². The van der Waals surface area contributed by atoms with Crippen molar-refractivity contribution in [3.8, 4) is 10.6 Å². The Kier molecular flexibility index (Phi) is 6.35. The highest BCUT2D eigenvalue weighted by Gasteiger charge is 2.30. The average molecular weight is 445 g/mol. The first-order valence-corrected chi connectivity index (χ1v) is 11.7. The molecule has 1 atom stereocenters. The number of carbonyl (C=O) groups excluding carboxylic acids is 1. The van der Waals surface area contributed by atoms with Gasteiger partial charge < -0.3 is 24.7 Å². The quantitative estimate of drug-likeness (QED) is 0.501. The van der Waals surface area contributed by atoms with Crippen LogP contribution in [0.15, 0.2) is 30.2 Å². The zero-order valence-corrected chi connectivity index (χ0v) is 18.6. The number of hydrogen-bond donors (Lipinski definition) is 2. The number of carbonyl (C=O) groups is 1. The number of amides is 1. The maximum absolute atomic E-state index is 12.9. The second kappa shape index (κ2) is 9.15. The van der Waals surface area contributed by atoms with Gasteiger partial charge in [0, 0.05) is 63.5 Å². The Bertz CT molecular complexity index is 959. The number of nitrogens with zero attached hydrogens (tertiary/aromatic N) is 4. The van der Waals surface area contributed by atoms with E-state index >= 15 is 0 Å². The largest absolute Gasteiger partial charge is 0.392 e. The Morgan fingerprint density at radius 3 is 3.00 bits per heavy atom. The van der Waals surface area contributed by atoms with Crippen LogP contribution in [0.5, 0.6) is 0 Å². The number of hydrogen-bond acceptors (Lipinski definition) is 9. The third-order valence-electron chi connectivity index (χ3n) is 5.16. The fourth-order valence-electron chi connectivity index (χ4n) is 3.70. The second-order valence-electron chi connectivity index (χ2n) is 7.03. The first kappa shape index (κ1) is 20.8. The Morgan fingerprint density at radius 2 is 2.30 bits per heavy atom. The molecular formula is C20H24N6O2S2. The maximum atomic E-state index is 12.9. The number of aromatic nitrogens is 2. The molecule has 2 aliphatic rings. The number of rotatable bonds is 7. The minimum atomic E-state index is -0.105. The van der Waals surface area contributed by atoms with Gasteiger partial charge in [-0.25, -0.2) is 9.97 Å². The minimum Gasteiger partial charge on any atom is -0.392 e. The summed E-state index contributed by atoms with van der Waals surface area (Å²) in [6.45, 7) is 2.30. The van der Waals surface area contributed by atoms with E-state index in [1.807, 2.05) is 24.6 Å². The first-order chi connectivity index (χ1) is 14.6. The number of pyridine rings is 1. The summed E-state index contributed by atoms with van der Waals surface area (Å²) < 4.78 is 5.63. The van der Waals surface area contributed by atoms with Crippen molar-refractivity contribution in [3.05, 3.63) is 40.8 Å². The third kappa shape index (κ3) is 4.07. The van der Waals surface area contributed by atoms with Gasteiger partial charge in [0.1, 0.15) is 15.7 Å². The van der Waals surface area contributed by atoms with Crippen LogP contribution in [-0.2, 0) is 10.6 Å². The van der Waals surface area contributed by atoms with Crippen LogP contribution >= 0.6 is 23.4 Å².